The normalized spacial score (nSPS) is 13.5. The lowest BCUT2D eigenvalue weighted by atomic mass is 10.1. The van der Waals surface area contributed by atoms with E-state index in [0.717, 1.165) is 32.0 Å². The highest BCUT2D eigenvalue weighted by molar-refractivity contribution is 7.92. The van der Waals surface area contributed by atoms with Crippen LogP contribution in [0, 0.1) is 0 Å². The highest BCUT2D eigenvalue weighted by atomic mass is 32.2. The molecule has 1 aromatic carbocycles. The van der Waals surface area contributed by atoms with Crippen molar-refractivity contribution in [3.8, 4) is 20.9 Å². The number of sulfonamides is 1. The van der Waals surface area contributed by atoms with Crippen LogP contribution < -0.4 is 4.72 Å². The third kappa shape index (κ3) is 3.76. The number of carbonyl (C=O) groups is 1. The maximum atomic E-state index is 12.5. The van der Waals surface area contributed by atoms with E-state index in [4.69, 9.17) is 0 Å². The van der Waals surface area contributed by atoms with Gasteiger partial charge in [-0.1, -0.05) is 6.07 Å². The van der Waals surface area contributed by atoms with Crippen LogP contribution >= 0.6 is 22.7 Å². The maximum absolute atomic E-state index is 12.5. The number of rotatable bonds is 5. The van der Waals surface area contributed by atoms with E-state index in [0.29, 0.717) is 12.2 Å². The topological polar surface area (TPSA) is 79.4 Å². The molecule has 1 N–H and O–H groups in total. The van der Waals surface area contributed by atoms with E-state index in [-0.39, 0.29) is 10.8 Å². The molecule has 0 bridgehead atoms. The van der Waals surface area contributed by atoms with E-state index >= 15 is 0 Å². The summed E-state index contributed by atoms with van der Waals surface area (Å²) in [4.78, 5) is 20.3. The van der Waals surface area contributed by atoms with E-state index in [2.05, 4.69) is 15.8 Å². The number of hydrogen-bond acceptors (Lipinski definition) is 6. The van der Waals surface area contributed by atoms with Crippen LogP contribution in [0.15, 0.2) is 70.5 Å². The van der Waals surface area contributed by atoms with E-state index < -0.39 is 10.0 Å². The summed E-state index contributed by atoms with van der Waals surface area (Å²) in [6.45, 7) is 0.622. The highest BCUT2D eigenvalue weighted by Gasteiger charge is 2.24. The van der Waals surface area contributed by atoms with Crippen molar-refractivity contribution in [3.05, 3.63) is 76.7 Å². The average molecular weight is 468 g/mol. The molecule has 0 saturated heterocycles. The molecule has 31 heavy (non-hydrogen) atoms. The smallest absolute Gasteiger partial charge is 0.262 e. The van der Waals surface area contributed by atoms with Gasteiger partial charge in [-0.3, -0.25) is 14.5 Å². The van der Waals surface area contributed by atoms with Crippen LogP contribution in [0.5, 0.6) is 0 Å². The Balaban J connectivity index is 1.41. The number of benzene rings is 1. The quantitative estimate of drug-likeness (QED) is 0.452. The fourth-order valence-electron chi connectivity index (χ4n) is 3.52. The zero-order chi connectivity index (χ0) is 21.6. The zero-order valence-corrected chi connectivity index (χ0v) is 18.9. The van der Waals surface area contributed by atoms with Gasteiger partial charge in [0.05, 0.1) is 16.8 Å². The van der Waals surface area contributed by atoms with Crippen LogP contribution in [0.3, 0.4) is 0 Å². The molecule has 4 aromatic rings. The number of fused-ring (bicyclic) bond motifs is 1. The van der Waals surface area contributed by atoms with Crippen molar-refractivity contribution >= 4 is 44.3 Å². The van der Waals surface area contributed by atoms with E-state index in [9.17, 15) is 13.2 Å². The second kappa shape index (κ2) is 7.60. The third-order valence-corrected chi connectivity index (χ3v) is 8.46. The Labute approximate surface area is 187 Å². The molecule has 156 valence electrons. The van der Waals surface area contributed by atoms with Gasteiger partial charge in [0.1, 0.15) is 0 Å². The van der Waals surface area contributed by atoms with Gasteiger partial charge in [0.15, 0.2) is 0 Å². The minimum absolute atomic E-state index is 0.0567. The molecule has 0 aliphatic carbocycles. The molecule has 5 rings (SSSR count). The lowest BCUT2D eigenvalue weighted by Crippen LogP contribution is -2.17. The Morgan fingerprint density at radius 1 is 1.03 bits per heavy atom. The van der Waals surface area contributed by atoms with Crippen molar-refractivity contribution in [2.24, 2.45) is 0 Å². The first kappa shape index (κ1) is 19.9. The molecule has 0 saturated carbocycles. The Hall–Kier alpha value is -3.01. The molecule has 3 aromatic heterocycles. The molecule has 0 atom stereocenters. The average Bonchev–Trinajstić information content (AvgIpc) is 3.49. The van der Waals surface area contributed by atoms with Crippen LogP contribution in [0.1, 0.15) is 15.9 Å². The van der Waals surface area contributed by atoms with Crippen LogP contribution in [0.2, 0.25) is 0 Å². The van der Waals surface area contributed by atoms with E-state index in [1.165, 1.54) is 17.5 Å². The van der Waals surface area contributed by atoms with Crippen molar-refractivity contribution < 1.29 is 13.2 Å². The Morgan fingerprint density at radius 2 is 1.84 bits per heavy atom. The predicted octanol–water partition coefficient (Wildman–Crippen LogP) is 4.93. The Bertz CT molecular complexity index is 1390. The second-order valence-electron chi connectivity index (χ2n) is 7.22. The predicted molar refractivity (Wildman–Crippen MR) is 124 cm³/mol. The molecule has 0 fully saturated rings. The van der Waals surface area contributed by atoms with Gasteiger partial charge in [0.25, 0.3) is 15.9 Å². The number of anilines is 1. The number of amides is 1. The van der Waals surface area contributed by atoms with Crippen LogP contribution in [0.4, 0.5) is 5.69 Å². The van der Waals surface area contributed by atoms with E-state index in [1.807, 2.05) is 24.3 Å². The third-order valence-electron chi connectivity index (χ3n) is 5.06. The van der Waals surface area contributed by atoms with Gasteiger partial charge >= 0.3 is 0 Å². The maximum Gasteiger partial charge on any atom is 0.262 e. The van der Waals surface area contributed by atoms with Gasteiger partial charge in [0, 0.05) is 46.1 Å². The Morgan fingerprint density at radius 3 is 2.61 bits per heavy atom. The minimum atomic E-state index is -3.63. The largest absolute Gasteiger partial charge is 0.337 e. The molecule has 1 aliphatic rings. The van der Waals surface area contributed by atoms with Crippen molar-refractivity contribution in [2.45, 2.75) is 11.4 Å². The van der Waals surface area contributed by atoms with Gasteiger partial charge in [0.2, 0.25) is 0 Å². The summed E-state index contributed by atoms with van der Waals surface area (Å²) >= 11 is 2.93. The summed E-state index contributed by atoms with van der Waals surface area (Å²) in [6, 6.07) is 13.3. The van der Waals surface area contributed by atoms with Crippen LogP contribution in [0.25, 0.3) is 20.9 Å². The van der Waals surface area contributed by atoms with Gasteiger partial charge in [-0.15, -0.1) is 11.3 Å². The number of aromatic nitrogens is 1. The fraction of sp³-hybridized carbons (Fsp3) is 0.0909. The minimum Gasteiger partial charge on any atom is -0.337 e. The lowest BCUT2D eigenvalue weighted by Gasteiger charge is -2.07. The summed E-state index contributed by atoms with van der Waals surface area (Å²) in [7, 11) is -1.83. The van der Waals surface area contributed by atoms with Crippen molar-refractivity contribution in [3.63, 3.8) is 0 Å². The molecule has 1 amide bonds. The first-order valence-corrected chi connectivity index (χ1v) is 12.6. The standard InChI is InChI=1S/C22H17N3O3S3/c1-25-12-16-8-14(2-3-19(16)22(25)26)20-4-5-21(30-20)15-9-17(11-23-10-15)24-31(27,28)18-6-7-29-13-18/h2-11,13,24H,12H2,1H3. The summed E-state index contributed by atoms with van der Waals surface area (Å²) in [6.07, 6.45) is 3.21. The molecule has 1 aliphatic heterocycles. The second-order valence-corrected chi connectivity index (χ2v) is 10.8. The van der Waals surface area contributed by atoms with Gasteiger partial charge in [-0.05, 0) is 52.9 Å². The molecular weight excluding hydrogens is 450 g/mol. The molecular formula is C22H17N3O3S3. The number of nitrogens with one attached hydrogen (secondary N) is 1. The molecule has 0 radical (unpaired) electrons. The first-order chi connectivity index (χ1) is 14.9. The van der Waals surface area contributed by atoms with E-state index in [1.54, 1.807) is 52.4 Å². The monoisotopic (exact) mass is 467 g/mol. The first-order valence-electron chi connectivity index (χ1n) is 9.40. The van der Waals surface area contributed by atoms with Crippen LogP contribution in [-0.4, -0.2) is 31.3 Å². The summed E-state index contributed by atoms with van der Waals surface area (Å²) < 4.78 is 27.6. The lowest BCUT2D eigenvalue weighted by molar-refractivity contribution is 0.0816. The van der Waals surface area contributed by atoms with Gasteiger partial charge in [-0.25, -0.2) is 8.42 Å². The number of nitrogens with zero attached hydrogens (tertiary/aromatic N) is 2. The summed E-state index contributed by atoms with van der Waals surface area (Å²) in [5, 5.41) is 3.32. The molecule has 9 heteroatoms. The number of pyridine rings is 1. The Kier molecular flexibility index (Phi) is 4.88. The summed E-state index contributed by atoms with van der Waals surface area (Å²) in [5.41, 5.74) is 4.10. The van der Waals surface area contributed by atoms with Gasteiger partial charge < -0.3 is 4.90 Å². The molecule has 0 spiro atoms. The van der Waals surface area contributed by atoms with Crippen molar-refractivity contribution in [1.29, 1.82) is 0 Å². The molecule has 0 unspecified atom stereocenters. The SMILES string of the molecule is CN1Cc2cc(-c3ccc(-c4cncc(NS(=O)(=O)c5ccsc5)c4)s3)ccc2C1=O. The van der Waals surface area contributed by atoms with Crippen LogP contribution in [-0.2, 0) is 16.6 Å². The highest BCUT2D eigenvalue weighted by Crippen LogP contribution is 2.36. The number of hydrogen-bond donors (Lipinski definition) is 1. The molecule has 6 nitrogen and oxygen atoms in total. The van der Waals surface area contributed by atoms with Crippen molar-refractivity contribution in [2.75, 3.05) is 11.8 Å². The van der Waals surface area contributed by atoms with Crippen molar-refractivity contribution in [1.82, 2.24) is 9.88 Å². The molecule has 4 heterocycles. The number of thiophene rings is 2. The summed E-state index contributed by atoms with van der Waals surface area (Å²) in [5.74, 6) is 0.0567. The van der Waals surface area contributed by atoms with Gasteiger partial charge in [-0.2, -0.15) is 11.3 Å². The zero-order valence-electron chi connectivity index (χ0n) is 16.4. The fourth-order valence-corrected chi connectivity index (χ4v) is 6.56. The number of carbonyl (C=O) groups excluding carboxylic acids is 1.